The first-order valence-electron chi connectivity index (χ1n) is 5.12. The van der Waals surface area contributed by atoms with Crippen LogP contribution in [0.5, 0.6) is 0 Å². The van der Waals surface area contributed by atoms with Crippen LogP contribution in [0, 0.1) is 0 Å². The van der Waals surface area contributed by atoms with E-state index in [1.54, 1.807) is 31.3 Å². The lowest BCUT2D eigenvalue weighted by molar-refractivity contribution is 0.0945. The van der Waals surface area contributed by atoms with E-state index in [4.69, 9.17) is 0 Å². The van der Waals surface area contributed by atoms with E-state index in [9.17, 15) is 4.79 Å². The molecule has 6 heteroatoms. The minimum absolute atomic E-state index is 0.245. The Balaban J connectivity index is 1.99. The largest absolute Gasteiger partial charge is 0.373 e. The molecule has 0 aliphatic heterocycles. The maximum atomic E-state index is 11.7. The lowest BCUT2D eigenvalue weighted by Crippen LogP contribution is -2.24. The molecule has 0 radical (unpaired) electrons. The summed E-state index contributed by atoms with van der Waals surface area (Å²) in [6.45, 7) is 0.320. The third-order valence-corrected chi connectivity index (χ3v) is 2.16. The van der Waals surface area contributed by atoms with Crippen LogP contribution in [0.15, 0.2) is 35.1 Å². The number of pyridine rings is 1. The molecule has 0 aliphatic rings. The zero-order valence-electron chi connectivity index (χ0n) is 9.30. The summed E-state index contributed by atoms with van der Waals surface area (Å²) in [5, 5.41) is 9.27. The summed E-state index contributed by atoms with van der Waals surface area (Å²) in [6.07, 6.45) is 1.46. The maximum absolute atomic E-state index is 11.7. The Kier molecular flexibility index (Phi) is 3.34. The van der Waals surface area contributed by atoms with Crippen molar-refractivity contribution in [2.75, 3.05) is 12.4 Å². The number of hydrogen-bond donors (Lipinski definition) is 2. The molecule has 0 aromatic carbocycles. The van der Waals surface area contributed by atoms with Crippen LogP contribution in [0.3, 0.4) is 0 Å². The maximum Gasteiger partial charge on any atom is 0.270 e. The number of carbonyl (C=O) groups is 1. The van der Waals surface area contributed by atoms with Gasteiger partial charge in [-0.05, 0) is 12.1 Å². The summed E-state index contributed by atoms with van der Waals surface area (Å²) in [6, 6.07) is 6.90. The second kappa shape index (κ2) is 5.11. The van der Waals surface area contributed by atoms with Gasteiger partial charge in [0.2, 0.25) is 0 Å². The molecule has 88 valence electrons. The summed E-state index contributed by atoms with van der Waals surface area (Å²) in [7, 11) is 1.75. The molecule has 0 unspecified atom stereocenters. The van der Waals surface area contributed by atoms with E-state index in [1.165, 1.54) is 6.26 Å². The average Bonchev–Trinajstić information content (AvgIpc) is 2.89. The van der Waals surface area contributed by atoms with Gasteiger partial charge in [-0.3, -0.25) is 4.79 Å². The van der Waals surface area contributed by atoms with Crippen molar-refractivity contribution in [2.45, 2.75) is 6.54 Å². The number of nitrogens with one attached hydrogen (secondary N) is 2. The van der Waals surface area contributed by atoms with Crippen LogP contribution in [0.25, 0.3) is 0 Å². The third kappa shape index (κ3) is 2.81. The van der Waals surface area contributed by atoms with Crippen molar-refractivity contribution in [3.8, 4) is 0 Å². The van der Waals surface area contributed by atoms with E-state index in [1.807, 2.05) is 0 Å². The quantitative estimate of drug-likeness (QED) is 0.823. The molecule has 0 bridgehead atoms. The van der Waals surface area contributed by atoms with Crippen LogP contribution in [-0.2, 0) is 6.54 Å². The topological polar surface area (TPSA) is 80.0 Å². The van der Waals surface area contributed by atoms with E-state index >= 15 is 0 Å². The molecule has 2 aromatic heterocycles. The van der Waals surface area contributed by atoms with Crippen LogP contribution in [0.1, 0.15) is 16.2 Å². The fourth-order valence-corrected chi connectivity index (χ4v) is 1.29. The van der Waals surface area contributed by atoms with Gasteiger partial charge in [0.1, 0.15) is 23.5 Å². The van der Waals surface area contributed by atoms with E-state index in [-0.39, 0.29) is 5.91 Å². The fraction of sp³-hybridized carbons (Fsp3) is 0.182. The molecular formula is C11H12N4O2. The Labute approximate surface area is 98.0 Å². The number of carbonyl (C=O) groups excluding carboxylic acids is 1. The number of hydrogen-bond acceptors (Lipinski definition) is 5. The molecule has 2 N–H and O–H groups in total. The number of anilines is 1. The van der Waals surface area contributed by atoms with Crippen LogP contribution in [0.4, 0.5) is 5.82 Å². The summed E-state index contributed by atoms with van der Waals surface area (Å²) < 4.78 is 4.66. The van der Waals surface area contributed by atoms with Crippen molar-refractivity contribution in [2.24, 2.45) is 0 Å². The van der Waals surface area contributed by atoms with Gasteiger partial charge in [0.05, 0.1) is 6.54 Å². The molecule has 17 heavy (non-hydrogen) atoms. The van der Waals surface area contributed by atoms with Gasteiger partial charge in [0.25, 0.3) is 5.91 Å². The van der Waals surface area contributed by atoms with Gasteiger partial charge >= 0.3 is 0 Å². The second-order valence-corrected chi connectivity index (χ2v) is 3.33. The highest BCUT2D eigenvalue weighted by Crippen LogP contribution is 2.04. The Morgan fingerprint density at radius 2 is 2.29 bits per heavy atom. The van der Waals surface area contributed by atoms with E-state index < -0.39 is 0 Å². The minimum Gasteiger partial charge on any atom is -0.373 e. The molecule has 6 nitrogen and oxygen atoms in total. The predicted octanol–water partition coefficient (Wildman–Crippen LogP) is 1.04. The molecule has 2 heterocycles. The van der Waals surface area contributed by atoms with E-state index in [0.717, 1.165) is 0 Å². The first kappa shape index (κ1) is 11.1. The zero-order valence-corrected chi connectivity index (χ0v) is 9.30. The van der Waals surface area contributed by atoms with Crippen molar-refractivity contribution in [1.82, 2.24) is 15.5 Å². The smallest absolute Gasteiger partial charge is 0.270 e. The number of rotatable bonds is 4. The SMILES string of the molecule is CNc1cccc(C(=O)NCc2ccon2)n1. The van der Waals surface area contributed by atoms with E-state index in [0.29, 0.717) is 23.8 Å². The van der Waals surface area contributed by atoms with Gasteiger partial charge in [0, 0.05) is 13.1 Å². The van der Waals surface area contributed by atoms with Gasteiger partial charge in [-0.25, -0.2) is 4.98 Å². The first-order valence-corrected chi connectivity index (χ1v) is 5.12. The Bertz CT molecular complexity index is 496. The highest BCUT2D eigenvalue weighted by molar-refractivity contribution is 5.92. The molecule has 2 aromatic rings. The molecule has 0 fully saturated rings. The summed E-state index contributed by atoms with van der Waals surface area (Å²) >= 11 is 0. The van der Waals surface area contributed by atoms with Gasteiger partial charge in [-0.2, -0.15) is 0 Å². The van der Waals surface area contributed by atoms with Gasteiger partial charge in [0.15, 0.2) is 0 Å². The van der Waals surface area contributed by atoms with Crippen molar-refractivity contribution < 1.29 is 9.32 Å². The average molecular weight is 232 g/mol. The Morgan fingerprint density at radius 1 is 1.41 bits per heavy atom. The molecule has 1 amide bonds. The van der Waals surface area contributed by atoms with Gasteiger partial charge in [-0.15, -0.1) is 0 Å². The summed E-state index contributed by atoms with van der Waals surface area (Å²) in [5.41, 5.74) is 1.03. The molecule has 0 spiro atoms. The van der Waals surface area contributed by atoms with E-state index in [2.05, 4.69) is 25.3 Å². The first-order chi connectivity index (χ1) is 8.29. The van der Waals surface area contributed by atoms with Crippen LogP contribution < -0.4 is 10.6 Å². The highest BCUT2D eigenvalue weighted by atomic mass is 16.5. The zero-order chi connectivity index (χ0) is 12.1. The number of nitrogens with zero attached hydrogens (tertiary/aromatic N) is 2. The molecule has 2 rings (SSSR count). The van der Waals surface area contributed by atoms with Crippen molar-refractivity contribution >= 4 is 11.7 Å². The molecular weight excluding hydrogens is 220 g/mol. The normalized spacial score (nSPS) is 9.94. The van der Waals surface area contributed by atoms with Crippen LogP contribution >= 0.6 is 0 Å². The highest BCUT2D eigenvalue weighted by Gasteiger charge is 2.07. The van der Waals surface area contributed by atoms with Gasteiger partial charge < -0.3 is 15.2 Å². The van der Waals surface area contributed by atoms with Crippen molar-refractivity contribution in [3.05, 3.63) is 41.9 Å². The lowest BCUT2D eigenvalue weighted by Gasteiger charge is -2.04. The second-order valence-electron chi connectivity index (χ2n) is 3.33. The molecule has 0 saturated carbocycles. The van der Waals surface area contributed by atoms with Crippen LogP contribution in [-0.4, -0.2) is 23.1 Å². The standard InChI is InChI=1S/C11H12N4O2/c1-12-10-4-2-3-9(14-10)11(16)13-7-8-5-6-17-15-8/h2-6H,7H2,1H3,(H,12,14)(H,13,16). The van der Waals surface area contributed by atoms with Crippen LogP contribution in [0.2, 0.25) is 0 Å². The monoisotopic (exact) mass is 232 g/mol. The lowest BCUT2D eigenvalue weighted by atomic mass is 10.3. The van der Waals surface area contributed by atoms with Crippen molar-refractivity contribution in [3.63, 3.8) is 0 Å². The Morgan fingerprint density at radius 3 is 3.00 bits per heavy atom. The molecule has 0 aliphatic carbocycles. The van der Waals surface area contributed by atoms with Gasteiger partial charge in [-0.1, -0.05) is 11.2 Å². The minimum atomic E-state index is -0.245. The summed E-state index contributed by atoms with van der Waals surface area (Å²) in [4.78, 5) is 15.9. The third-order valence-electron chi connectivity index (χ3n) is 2.16. The molecule has 0 saturated heterocycles. The fourth-order valence-electron chi connectivity index (χ4n) is 1.29. The number of amides is 1. The Hall–Kier alpha value is -2.37. The van der Waals surface area contributed by atoms with Crippen molar-refractivity contribution in [1.29, 1.82) is 0 Å². The predicted molar refractivity (Wildman–Crippen MR) is 61.5 cm³/mol. The number of aromatic nitrogens is 2. The summed E-state index contributed by atoms with van der Waals surface area (Å²) in [5.74, 6) is 0.407. The molecule has 0 atom stereocenters.